The molecule has 2 aliphatic carbocycles. The Bertz CT molecular complexity index is 997. The number of benzene rings is 1. The van der Waals surface area contributed by atoms with Gasteiger partial charge in [-0.05, 0) is 45.6 Å². The minimum absolute atomic E-state index is 0.156. The van der Waals surface area contributed by atoms with Gasteiger partial charge in [-0.15, -0.1) is 10.2 Å². The van der Waals surface area contributed by atoms with Crippen LogP contribution >= 0.6 is 11.8 Å². The normalized spacial score (nSPS) is 18.4. The Morgan fingerprint density at radius 3 is 2.73 bits per heavy atom. The number of ketones is 1. The maximum atomic E-state index is 13.2. The summed E-state index contributed by atoms with van der Waals surface area (Å²) in [6.07, 6.45) is 4.85. The van der Waals surface area contributed by atoms with Crippen LogP contribution in [0.2, 0.25) is 0 Å². The van der Waals surface area contributed by atoms with Gasteiger partial charge in [-0.3, -0.25) is 4.79 Å². The summed E-state index contributed by atoms with van der Waals surface area (Å²) in [6, 6.07) is 8.54. The summed E-state index contributed by atoms with van der Waals surface area (Å²) in [6.45, 7) is 3.96. The Labute approximate surface area is 156 Å². The average molecular weight is 366 g/mol. The lowest BCUT2D eigenvalue weighted by Gasteiger charge is -2.12. The van der Waals surface area contributed by atoms with Gasteiger partial charge >= 0.3 is 0 Å². The van der Waals surface area contributed by atoms with Crippen LogP contribution in [0.5, 0.6) is 0 Å². The van der Waals surface area contributed by atoms with Crippen molar-refractivity contribution in [2.24, 2.45) is 0 Å². The zero-order valence-corrected chi connectivity index (χ0v) is 15.8. The van der Waals surface area contributed by atoms with Gasteiger partial charge in [-0.1, -0.05) is 30.0 Å². The van der Waals surface area contributed by atoms with Gasteiger partial charge in [0.25, 0.3) is 0 Å². The maximum Gasteiger partial charge on any atom is 0.192 e. The van der Waals surface area contributed by atoms with Gasteiger partial charge in [0.05, 0.1) is 5.25 Å². The van der Waals surface area contributed by atoms with Crippen LogP contribution in [0.4, 0.5) is 0 Å². The van der Waals surface area contributed by atoms with E-state index >= 15 is 0 Å². The van der Waals surface area contributed by atoms with Crippen LogP contribution in [-0.2, 0) is 0 Å². The smallest absolute Gasteiger partial charge is 0.192 e. The van der Waals surface area contributed by atoms with Crippen molar-refractivity contribution in [2.75, 3.05) is 0 Å². The molecule has 2 heterocycles. The highest BCUT2D eigenvalue weighted by atomic mass is 32.2. The Morgan fingerprint density at radius 2 is 2.00 bits per heavy atom. The molecule has 0 amide bonds. The molecule has 0 bridgehead atoms. The van der Waals surface area contributed by atoms with Crippen LogP contribution in [0.15, 0.2) is 29.4 Å². The SMILES string of the molecule is Cc1[nH]c2ccccc2c1C(=O)[C@H](C)Sc1nnc(C2CC2)n1C1CC1. The summed E-state index contributed by atoms with van der Waals surface area (Å²) in [5.74, 6) is 1.88. The molecule has 0 aliphatic heterocycles. The van der Waals surface area contributed by atoms with Crippen LogP contribution in [0, 0.1) is 6.92 Å². The highest BCUT2D eigenvalue weighted by Gasteiger charge is 2.37. The molecule has 2 saturated carbocycles. The number of nitrogens with one attached hydrogen (secondary N) is 1. The number of hydrogen-bond donors (Lipinski definition) is 1. The maximum absolute atomic E-state index is 13.2. The molecule has 134 valence electrons. The van der Waals surface area contributed by atoms with Gasteiger partial charge < -0.3 is 9.55 Å². The van der Waals surface area contributed by atoms with E-state index in [4.69, 9.17) is 0 Å². The van der Waals surface area contributed by atoms with E-state index in [2.05, 4.69) is 19.7 Å². The van der Waals surface area contributed by atoms with Crippen molar-refractivity contribution in [3.05, 3.63) is 41.3 Å². The molecule has 2 aliphatic rings. The first-order valence-electron chi connectivity index (χ1n) is 9.36. The lowest BCUT2D eigenvalue weighted by Crippen LogP contribution is -2.15. The van der Waals surface area contributed by atoms with E-state index in [-0.39, 0.29) is 11.0 Å². The fraction of sp³-hybridized carbons (Fsp3) is 0.450. The highest BCUT2D eigenvalue weighted by molar-refractivity contribution is 8.00. The Balaban J connectivity index is 1.44. The molecular weight excluding hydrogens is 344 g/mol. The largest absolute Gasteiger partial charge is 0.358 e. The third kappa shape index (κ3) is 2.67. The van der Waals surface area contributed by atoms with Crippen molar-refractivity contribution in [2.45, 2.75) is 61.9 Å². The minimum Gasteiger partial charge on any atom is -0.358 e. The third-order valence-electron chi connectivity index (χ3n) is 5.34. The molecule has 6 heteroatoms. The number of hydrogen-bond acceptors (Lipinski definition) is 4. The molecule has 26 heavy (non-hydrogen) atoms. The van der Waals surface area contributed by atoms with E-state index in [0.717, 1.165) is 33.1 Å². The molecule has 1 aromatic carbocycles. The van der Waals surface area contributed by atoms with E-state index in [0.29, 0.717) is 12.0 Å². The van der Waals surface area contributed by atoms with E-state index in [1.165, 1.54) is 25.7 Å². The summed E-state index contributed by atoms with van der Waals surface area (Å²) in [5, 5.41) is 10.6. The van der Waals surface area contributed by atoms with Crippen molar-refractivity contribution in [3.63, 3.8) is 0 Å². The monoisotopic (exact) mass is 366 g/mol. The molecule has 1 N–H and O–H groups in total. The van der Waals surface area contributed by atoms with Gasteiger partial charge in [-0.25, -0.2) is 0 Å². The van der Waals surface area contributed by atoms with Crippen molar-refractivity contribution < 1.29 is 4.79 Å². The summed E-state index contributed by atoms with van der Waals surface area (Å²) >= 11 is 1.55. The molecule has 5 nitrogen and oxygen atoms in total. The third-order valence-corrected chi connectivity index (χ3v) is 6.39. The number of carbonyl (C=O) groups is 1. The lowest BCUT2D eigenvalue weighted by atomic mass is 10.1. The van der Waals surface area contributed by atoms with Crippen LogP contribution in [0.1, 0.15) is 66.4 Å². The number of thioether (sulfide) groups is 1. The average Bonchev–Trinajstić information content (AvgIpc) is 3.56. The molecule has 0 radical (unpaired) electrons. The molecule has 1 atom stereocenters. The zero-order valence-electron chi connectivity index (χ0n) is 15.0. The highest BCUT2D eigenvalue weighted by Crippen LogP contribution is 2.46. The number of Topliss-reactive ketones (excluding diaryl/α,β-unsaturated/α-hetero) is 1. The van der Waals surface area contributed by atoms with E-state index in [9.17, 15) is 4.79 Å². The molecule has 2 aromatic heterocycles. The number of para-hydroxylation sites is 1. The van der Waals surface area contributed by atoms with Crippen molar-refractivity contribution in [3.8, 4) is 0 Å². The molecule has 0 spiro atoms. The number of aryl methyl sites for hydroxylation is 1. The van der Waals surface area contributed by atoms with Gasteiger partial charge in [0.15, 0.2) is 10.9 Å². The summed E-state index contributed by atoms with van der Waals surface area (Å²) in [7, 11) is 0. The molecule has 5 rings (SSSR count). The van der Waals surface area contributed by atoms with Crippen LogP contribution in [0.3, 0.4) is 0 Å². The second-order valence-corrected chi connectivity index (χ2v) is 8.82. The zero-order chi connectivity index (χ0) is 17.8. The van der Waals surface area contributed by atoms with Crippen LogP contribution in [0.25, 0.3) is 10.9 Å². The summed E-state index contributed by atoms with van der Waals surface area (Å²) < 4.78 is 2.31. The Hall–Kier alpha value is -2.08. The number of aromatic nitrogens is 4. The van der Waals surface area contributed by atoms with Gasteiger partial charge in [0.1, 0.15) is 5.82 Å². The molecule has 2 fully saturated rings. The van der Waals surface area contributed by atoms with Crippen molar-refractivity contribution in [1.29, 1.82) is 0 Å². The summed E-state index contributed by atoms with van der Waals surface area (Å²) in [4.78, 5) is 16.5. The summed E-state index contributed by atoms with van der Waals surface area (Å²) in [5.41, 5.74) is 2.76. The van der Waals surface area contributed by atoms with Gasteiger partial charge in [-0.2, -0.15) is 0 Å². The van der Waals surface area contributed by atoms with E-state index in [1.54, 1.807) is 11.8 Å². The number of rotatable bonds is 6. The number of H-pyrrole nitrogens is 1. The quantitative estimate of drug-likeness (QED) is 0.510. The first-order valence-corrected chi connectivity index (χ1v) is 10.2. The number of fused-ring (bicyclic) bond motifs is 1. The van der Waals surface area contributed by atoms with Gasteiger partial charge in [0.2, 0.25) is 0 Å². The van der Waals surface area contributed by atoms with Crippen molar-refractivity contribution in [1.82, 2.24) is 19.7 Å². The number of aromatic amines is 1. The minimum atomic E-state index is -0.193. The predicted octanol–water partition coefficient (Wildman–Crippen LogP) is 4.64. The predicted molar refractivity (Wildman–Crippen MR) is 103 cm³/mol. The van der Waals surface area contributed by atoms with Crippen LogP contribution in [-0.4, -0.2) is 30.8 Å². The van der Waals surface area contributed by atoms with Gasteiger partial charge in [0, 0.05) is 34.1 Å². The first kappa shape index (κ1) is 16.1. The molecular formula is C20H22N4OS. The number of carbonyl (C=O) groups excluding carboxylic acids is 1. The van der Waals surface area contributed by atoms with Crippen molar-refractivity contribution >= 4 is 28.4 Å². The Kier molecular flexibility index (Phi) is 3.71. The molecule has 3 aromatic rings. The topological polar surface area (TPSA) is 63.6 Å². The Morgan fingerprint density at radius 1 is 1.23 bits per heavy atom. The van der Waals surface area contributed by atoms with E-state index < -0.39 is 0 Å². The second kappa shape index (κ2) is 5.98. The second-order valence-electron chi connectivity index (χ2n) is 7.51. The first-order chi connectivity index (χ1) is 12.6. The van der Waals surface area contributed by atoms with E-state index in [1.807, 2.05) is 38.1 Å². The molecule has 0 unspecified atom stereocenters. The van der Waals surface area contributed by atoms with Crippen LogP contribution < -0.4 is 0 Å². The fourth-order valence-electron chi connectivity index (χ4n) is 3.67. The number of nitrogens with zero attached hydrogens (tertiary/aromatic N) is 3. The lowest BCUT2D eigenvalue weighted by molar-refractivity contribution is 0.0995. The molecule has 0 saturated heterocycles. The standard InChI is InChI=1S/C20H22N4OS/c1-11-17(15-5-3-4-6-16(15)21-11)18(25)12(2)26-20-23-22-19(13-7-8-13)24(20)14-9-10-14/h3-6,12-14,21H,7-10H2,1-2H3/t12-/m0/s1. The fourth-order valence-corrected chi connectivity index (χ4v) is 4.66.